The molecule has 35 heavy (non-hydrogen) atoms. The van der Waals surface area contributed by atoms with E-state index in [1.165, 1.54) is 28.6 Å². The lowest BCUT2D eigenvalue weighted by atomic mass is 10.0. The zero-order valence-corrected chi connectivity index (χ0v) is 19.9. The summed E-state index contributed by atoms with van der Waals surface area (Å²) in [7, 11) is -3.84. The number of benzene rings is 2. The van der Waals surface area contributed by atoms with Crippen LogP contribution in [0.2, 0.25) is 0 Å². The number of aromatic carboxylic acids is 1. The van der Waals surface area contributed by atoms with Crippen molar-refractivity contribution >= 4 is 21.9 Å². The van der Waals surface area contributed by atoms with Crippen LogP contribution >= 0.6 is 0 Å². The summed E-state index contributed by atoms with van der Waals surface area (Å²) >= 11 is 0. The Morgan fingerprint density at radius 2 is 1.86 bits per heavy atom. The van der Waals surface area contributed by atoms with Gasteiger partial charge >= 0.3 is 5.97 Å². The van der Waals surface area contributed by atoms with E-state index in [-0.39, 0.29) is 47.9 Å². The molecule has 0 aliphatic carbocycles. The van der Waals surface area contributed by atoms with Gasteiger partial charge in [-0.2, -0.15) is 4.31 Å². The fourth-order valence-electron chi connectivity index (χ4n) is 4.61. The highest BCUT2D eigenvalue weighted by atomic mass is 32.2. The van der Waals surface area contributed by atoms with Crippen molar-refractivity contribution in [2.24, 2.45) is 0 Å². The highest BCUT2D eigenvalue weighted by molar-refractivity contribution is 7.89. The van der Waals surface area contributed by atoms with Crippen molar-refractivity contribution in [3.63, 3.8) is 0 Å². The van der Waals surface area contributed by atoms with E-state index in [0.29, 0.717) is 25.7 Å². The molecule has 11 heteroatoms. The van der Waals surface area contributed by atoms with E-state index in [9.17, 15) is 26.8 Å². The average molecular weight is 509 g/mol. The molecule has 0 saturated carbocycles. The second-order valence-electron chi connectivity index (χ2n) is 8.95. The summed E-state index contributed by atoms with van der Waals surface area (Å²) in [5.74, 6) is -2.91. The van der Waals surface area contributed by atoms with E-state index in [4.69, 9.17) is 9.84 Å². The second kappa shape index (κ2) is 9.54. The molecule has 8 nitrogen and oxygen atoms in total. The Balaban J connectivity index is 1.29. The van der Waals surface area contributed by atoms with Gasteiger partial charge in [0.05, 0.1) is 17.1 Å². The molecule has 2 aromatic rings. The molecule has 0 aromatic heterocycles. The van der Waals surface area contributed by atoms with Gasteiger partial charge < -0.3 is 14.7 Å². The molecule has 0 spiro atoms. The number of hydrogen-bond acceptors (Lipinski definition) is 5. The molecule has 1 amide bonds. The molecule has 2 aliphatic heterocycles. The first-order valence-electron chi connectivity index (χ1n) is 11.3. The van der Waals surface area contributed by atoms with Crippen molar-refractivity contribution in [1.29, 1.82) is 0 Å². The van der Waals surface area contributed by atoms with Gasteiger partial charge in [-0.15, -0.1) is 0 Å². The summed E-state index contributed by atoms with van der Waals surface area (Å²) in [6.45, 7) is 2.54. The monoisotopic (exact) mass is 508 g/mol. The highest BCUT2D eigenvalue weighted by Crippen LogP contribution is 2.43. The van der Waals surface area contributed by atoms with Gasteiger partial charge in [-0.05, 0) is 62.9 Å². The zero-order chi connectivity index (χ0) is 25.4. The van der Waals surface area contributed by atoms with Gasteiger partial charge in [0.15, 0.2) is 11.6 Å². The third kappa shape index (κ3) is 5.01. The molecule has 1 N–H and O–H groups in total. The Bertz CT molecular complexity index is 1250. The first kappa shape index (κ1) is 25.1. The minimum absolute atomic E-state index is 0.000734. The molecule has 0 bridgehead atoms. The maximum atomic E-state index is 13.3. The number of carboxylic acids is 1. The lowest BCUT2D eigenvalue weighted by Gasteiger charge is -2.32. The molecule has 0 radical (unpaired) electrons. The number of hydrogen-bond donors (Lipinski definition) is 1. The Morgan fingerprint density at radius 1 is 1.14 bits per heavy atom. The Labute approximate surface area is 202 Å². The van der Waals surface area contributed by atoms with Crippen LogP contribution in [0, 0.1) is 11.6 Å². The second-order valence-corrected chi connectivity index (χ2v) is 10.9. The molecule has 2 aromatic carbocycles. The maximum Gasteiger partial charge on any atom is 0.335 e. The van der Waals surface area contributed by atoms with Crippen LogP contribution < -0.4 is 4.74 Å². The molecule has 1 atom stereocenters. The molecule has 2 fully saturated rings. The maximum absolute atomic E-state index is 13.3. The van der Waals surface area contributed by atoms with Crippen molar-refractivity contribution in [2.75, 3.05) is 19.7 Å². The minimum Gasteiger partial charge on any atom is -0.493 e. The van der Waals surface area contributed by atoms with Crippen LogP contribution in [-0.4, -0.2) is 65.9 Å². The highest BCUT2D eigenvalue weighted by Gasteiger charge is 2.60. The van der Waals surface area contributed by atoms with E-state index in [1.54, 1.807) is 4.90 Å². The number of rotatable bonds is 9. The Kier molecular flexibility index (Phi) is 6.83. The number of nitrogens with zero attached hydrogens (tertiary/aromatic N) is 2. The lowest BCUT2D eigenvalue weighted by Crippen LogP contribution is -2.43. The van der Waals surface area contributed by atoms with Gasteiger partial charge in [0.1, 0.15) is 11.3 Å². The first-order chi connectivity index (χ1) is 16.5. The summed E-state index contributed by atoms with van der Waals surface area (Å²) < 4.78 is 59.0. The number of halogens is 2. The summed E-state index contributed by atoms with van der Waals surface area (Å²) in [6, 6.07) is 8.49. The zero-order valence-electron chi connectivity index (χ0n) is 19.1. The van der Waals surface area contributed by atoms with Crippen LogP contribution in [0.4, 0.5) is 8.78 Å². The number of ether oxygens (including phenoxy) is 1. The molecule has 188 valence electrons. The summed E-state index contributed by atoms with van der Waals surface area (Å²) in [6.07, 6.45) is 2.01. The number of carboxylic acid groups (broad SMARTS) is 1. The number of carbonyl (C=O) groups excluding carboxylic acids is 1. The summed E-state index contributed by atoms with van der Waals surface area (Å²) in [5, 5.41) is 9.14. The van der Waals surface area contributed by atoms with Gasteiger partial charge in [0, 0.05) is 25.2 Å². The van der Waals surface area contributed by atoms with Crippen LogP contribution in [-0.2, 0) is 14.8 Å². The minimum atomic E-state index is -3.84. The predicted molar refractivity (Wildman–Crippen MR) is 122 cm³/mol. The fourth-order valence-corrected chi connectivity index (χ4v) is 6.13. The topological polar surface area (TPSA) is 104 Å². The quantitative estimate of drug-likeness (QED) is 0.412. The molecule has 2 aliphatic rings. The Morgan fingerprint density at radius 3 is 2.51 bits per heavy atom. The van der Waals surface area contributed by atoms with Crippen LogP contribution in [0.3, 0.4) is 0 Å². The van der Waals surface area contributed by atoms with E-state index >= 15 is 0 Å². The van der Waals surface area contributed by atoms with Gasteiger partial charge in [0.2, 0.25) is 15.9 Å². The lowest BCUT2D eigenvalue weighted by molar-refractivity contribution is -0.115. The molecular weight excluding hydrogens is 482 g/mol. The SMILES string of the molecule is CC1(CCCOc2ccc(F)c(F)c2)C(=O)N1C1CCN(S(=O)(=O)c2cccc(C(=O)O)c2)CC1. The van der Waals surface area contributed by atoms with Crippen molar-refractivity contribution in [1.82, 2.24) is 9.21 Å². The summed E-state index contributed by atoms with van der Waals surface area (Å²) in [4.78, 5) is 25.5. The number of amides is 1. The van der Waals surface area contributed by atoms with Crippen molar-refractivity contribution in [2.45, 2.75) is 49.1 Å². The third-order valence-electron chi connectivity index (χ3n) is 6.64. The molecule has 2 saturated heterocycles. The number of carbonyl (C=O) groups is 2. The van der Waals surface area contributed by atoms with E-state index in [2.05, 4.69) is 0 Å². The van der Waals surface area contributed by atoms with Gasteiger partial charge in [-0.1, -0.05) is 6.07 Å². The normalized spacial score (nSPS) is 21.2. The number of sulfonamides is 1. The van der Waals surface area contributed by atoms with Gasteiger partial charge in [0.25, 0.3) is 0 Å². The van der Waals surface area contributed by atoms with Crippen LogP contribution in [0.15, 0.2) is 47.4 Å². The molecular formula is C24H26F2N2O6S. The Hall–Kier alpha value is -3.05. The number of piperidine rings is 1. The van der Waals surface area contributed by atoms with E-state index < -0.39 is 33.2 Å². The largest absolute Gasteiger partial charge is 0.493 e. The average Bonchev–Trinajstić information content (AvgIpc) is 3.38. The van der Waals surface area contributed by atoms with Crippen LogP contribution in [0.5, 0.6) is 5.75 Å². The van der Waals surface area contributed by atoms with Crippen LogP contribution in [0.1, 0.15) is 43.0 Å². The molecule has 4 rings (SSSR count). The van der Waals surface area contributed by atoms with E-state index in [1.807, 2.05) is 6.92 Å². The molecule has 1 unspecified atom stereocenters. The predicted octanol–water partition coefficient (Wildman–Crippen LogP) is 3.28. The van der Waals surface area contributed by atoms with Crippen LogP contribution in [0.25, 0.3) is 0 Å². The third-order valence-corrected chi connectivity index (χ3v) is 8.53. The smallest absolute Gasteiger partial charge is 0.335 e. The van der Waals surface area contributed by atoms with Crippen molar-refractivity contribution in [3.05, 3.63) is 59.7 Å². The molecule has 2 heterocycles. The van der Waals surface area contributed by atoms with E-state index in [0.717, 1.165) is 18.2 Å². The summed E-state index contributed by atoms with van der Waals surface area (Å²) in [5.41, 5.74) is -0.751. The van der Waals surface area contributed by atoms with Gasteiger partial charge in [-0.3, -0.25) is 4.79 Å². The van der Waals surface area contributed by atoms with Gasteiger partial charge in [-0.25, -0.2) is 22.0 Å². The van der Waals surface area contributed by atoms with Crippen molar-refractivity contribution < 1.29 is 36.6 Å². The van der Waals surface area contributed by atoms with Crippen molar-refractivity contribution in [3.8, 4) is 5.75 Å². The fraction of sp³-hybridized carbons (Fsp3) is 0.417. The standard InChI is InChI=1S/C24H26F2N2O6S/c1-24(10-3-13-34-18-6-7-20(25)21(26)15-18)23(31)28(24)17-8-11-27(12-9-17)35(32,33)19-5-2-4-16(14-19)22(29)30/h2,4-7,14-15,17H,3,8-13H2,1H3,(H,29,30). The first-order valence-corrected chi connectivity index (χ1v) is 12.7.